The number of benzene rings is 1. The maximum absolute atomic E-state index is 3.45. The summed E-state index contributed by atoms with van der Waals surface area (Å²) in [5.41, 5.74) is 5.60. The third kappa shape index (κ3) is 2.82. The lowest BCUT2D eigenvalue weighted by Crippen LogP contribution is -2.19. The summed E-state index contributed by atoms with van der Waals surface area (Å²) < 4.78 is 0. The SMILES string of the molecule is CNC(Cc1cc(C)ccc1C)c1ccsc1C. The molecule has 1 heterocycles. The fourth-order valence-electron chi connectivity index (χ4n) is 2.36. The van der Waals surface area contributed by atoms with Crippen LogP contribution in [0.2, 0.25) is 0 Å². The third-order valence-electron chi connectivity index (χ3n) is 3.55. The van der Waals surface area contributed by atoms with Gasteiger partial charge in [-0.2, -0.15) is 0 Å². The van der Waals surface area contributed by atoms with Gasteiger partial charge in [0.1, 0.15) is 0 Å². The summed E-state index contributed by atoms with van der Waals surface area (Å²) in [5.74, 6) is 0. The van der Waals surface area contributed by atoms with Crippen LogP contribution < -0.4 is 5.32 Å². The van der Waals surface area contributed by atoms with E-state index in [4.69, 9.17) is 0 Å². The Morgan fingerprint density at radius 2 is 1.94 bits per heavy atom. The molecule has 1 N–H and O–H groups in total. The molecule has 0 spiro atoms. The van der Waals surface area contributed by atoms with E-state index in [1.807, 2.05) is 18.4 Å². The summed E-state index contributed by atoms with van der Waals surface area (Å²) in [6, 6.07) is 9.37. The van der Waals surface area contributed by atoms with E-state index >= 15 is 0 Å². The molecule has 1 aromatic carbocycles. The number of hydrogen-bond acceptors (Lipinski definition) is 2. The van der Waals surface area contributed by atoms with E-state index in [2.05, 4.69) is 55.7 Å². The number of likely N-dealkylation sites (N-methyl/N-ethyl adjacent to an activating group) is 1. The minimum absolute atomic E-state index is 0.414. The molecule has 0 aliphatic heterocycles. The van der Waals surface area contributed by atoms with Gasteiger partial charge in [-0.15, -0.1) is 11.3 Å². The van der Waals surface area contributed by atoms with Gasteiger partial charge in [0.15, 0.2) is 0 Å². The van der Waals surface area contributed by atoms with E-state index in [0.717, 1.165) is 6.42 Å². The maximum Gasteiger partial charge on any atom is 0.0369 e. The standard InChI is InChI=1S/C16H21NS/c1-11-5-6-12(2)14(9-11)10-16(17-4)15-7-8-18-13(15)3/h5-9,16-17H,10H2,1-4H3. The van der Waals surface area contributed by atoms with Crippen molar-refractivity contribution in [1.82, 2.24) is 5.32 Å². The zero-order valence-electron chi connectivity index (χ0n) is 11.6. The Hall–Kier alpha value is -1.12. The van der Waals surface area contributed by atoms with Crippen LogP contribution in [0.5, 0.6) is 0 Å². The molecule has 96 valence electrons. The van der Waals surface area contributed by atoms with Gasteiger partial charge in [0.25, 0.3) is 0 Å². The third-order valence-corrected chi connectivity index (χ3v) is 4.41. The first-order valence-corrected chi connectivity index (χ1v) is 7.27. The number of nitrogens with one attached hydrogen (secondary N) is 1. The largest absolute Gasteiger partial charge is 0.313 e. The summed E-state index contributed by atoms with van der Waals surface area (Å²) >= 11 is 1.83. The second-order valence-corrected chi connectivity index (χ2v) is 6.03. The number of thiophene rings is 1. The molecule has 1 aromatic heterocycles. The fourth-order valence-corrected chi connectivity index (χ4v) is 3.13. The average Bonchev–Trinajstić information content (AvgIpc) is 2.77. The molecule has 2 rings (SSSR count). The van der Waals surface area contributed by atoms with Crippen molar-refractivity contribution >= 4 is 11.3 Å². The van der Waals surface area contributed by atoms with Crippen molar-refractivity contribution in [2.24, 2.45) is 0 Å². The molecule has 2 aromatic rings. The van der Waals surface area contributed by atoms with Gasteiger partial charge in [-0.05, 0) is 62.4 Å². The maximum atomic E-state index is 3.45. The first kappa shape index (κ1) is 13.3. The summed E-state index contributed by atoms with van der Waals surface area (Å²) in [5, 5.41) is 5.63. The highest BCUT2D eigenvalue weighted by molar-refractivity contribution is 7.10. The van der Waals surface area contributed by atoms with Crippen LogP contribution in [0.15, 0.2) is 29.6 Å². The van der Waals surface area contributed by atoms with Crippen LogP contribution in [0, 0.1) is 20.8 Å². The van der Waals surface area contributed by atoms with Gasteiger partial charge in [-0.1, -0.05) is 23.8 Å². The fraction of sp³-hybridized carbons (Fsp3) is 0.375. The van der Waals surface area contributed by atoms with Crippen molar-refractivity contribution in [3.8, 4) is 0 Å². The molecule has 1 unspecified atom stereocenters. The molecule has 0 amide bonds. The van der Waals surface area contributed by atoms with Gasteiger partial charge in [0.05, 0.1) is 0 Å². The Morgan fingerprint density at radius 3 is 2.56 bits per heavy atom. The summed E-state index contributed by atoms with van der Waals surface area (Å²) in [6.45, 7) is 6.56. The minimum atomic E-state index is 0.414. The number of hydrogen-bond donors (Lipinski definition) is 1. The highest BCUT2D eigenvalue weighted by atomic mass is 32.1. The van der Waals surface area contributed by atoms with Gasteiger partial charge in [-0.3, -0.25) is 0 Å². The molecule has 18 heavy (non-hydrogen) atoms. The molecule has 0 aliphatic rings. The lowest BCUT2D eigenvalue weighted by atomic mass is 9.95. The highest BCUT2D eigenvalue weighted by Crippen LogP contribution is 2.26. The quantitative estimate of drug-likeness (QED) is 0.868. The van der Waals surface area contributed by atoms with Crippen molar-refractivity contribution in [3.05, 3.63) is 56.8 Å². The summed E-state index contributed by atoms with van der Waals surface area (Å²) in [6.07, 6.45) is 1.06. The normalized spacial score (nSPS) is 12.7. The Balaban J connectivity index is 2.26. The van der Waals surface area contributed by atoms with Gasteiger partial charge in [0, 0.05) is 10.9 Å². The molecule has 1 atom stereocenters. The zero-order chi connectivity index (χ0) is 13.1. The van der Waals surface area contributed by atoms with Crippen LogP contribution in [0.25, 0.3) is 0 Å². The predicted octanol–water partition coefficient (Wildman–Crippen LogP) is 4.18. The smallest absolute Gasteiger partial charge is 0.0369 e. The molecular formula is C16H21NS. The number of rotatable bonds is 4. The molecule has 0 aliphatic carbocycles. The van der Waals surface area contributed by atoms with E-state index in [9.17, 15) is 0 Å². The van der Waals surface area contributed by atoms with Gasteiger partial charge < -0.3 is 5.32 Å². The summed E-state index contributed by atoms with van der Waals surface area (Å²) in [7, 11) is 2.05. The topological polar surface area (TPSA) is 12.0 Å². The van der Waals surface area contributed by atoms with Gasteiger partial charge in [0.2, 0.25) is 0 Å². The van der Waals surface area contributed by atoms with E-state index in [1.165, 1.54) is 27.1 Å². The second-order valence-electron chi connectivity index (χ2n) is 4.91. The lowest BCUT2D eigenvalue weighted by molar-refractivity contribution is 0.590. The van der Waals surface area contributed by atoms with E-state index < -0.39 is 0 Å². The monoisotopic (exact) mass is 259 g/mol. The van der Waals surface area contributed by atoms with Crippen molar-refractivity contribution in [1.29, 1.82) is 0 Å². The molecule has 2 heteroatoms. The average molecular weight is 259 g/mol. The predicted molar refractivity (Wildman–Crippen MR) is 80.5 cm³/mol. The van der Waals surface area contributed by atoms with Crippen molar-refractivity contribution in [2.45, 2.75) is 33.2 Å². The molecule has 1 nitrogen and oxygen atoms in total. The Labute approximate surface area is 114 Å². The first-order chi connectivity index (χ1) is 8.61. The van der Waals surface area contributed by atoms with Crippen LogP contribution in [-0.4, -0.2) is 7.05 Å². The van der Waals surface area contributed by atoms with E-state index in [-0.39, 0.29) is 0 Å². The van der Waals surface area contributed by atoms with Crippen LogP contribution in [0.3, 0.4) is 0 Å². The first-order valence-electron chi connectivity index (χ1n) is 6.39. The Kier molecular flexibility index (Phi) is 4.20. The molecular weight excluding hydrogens is 238 g/mol. The second kappa shape index (κ2) is 5.68. The number of aryl methyl sites for hydroxylation is 3. The van der Waals surface area contributed by atoms with Gasteiger partial charge in [-0.25, -0.2) is 0 Å². The summed E-state index contributed by atoms with van der Waals surface area (Å²) in [4.78, 5) is 1.42. The van der Waals surface area contributed by atoms with Crippen molar-refractivity contribution in [2.75, 3.05) is 7.05 Å². The van der Waals surface area contributed by atoms with Crippen LogP contribution in [0.4, 0.5) is 0 Å². The lowest BCUT2D eigenvalue weighted by Gasteiger charge is -2.18. The Morgan fingerprint density at radius 1 is 1.17 bits per heavy atom. The molecule has 0 bridgehead atoms. The zero-order valence-corrected chi connectivity index (χ0v) is 12.4. The van der Waals surface area contributed by atoms with Crippen LogP contribution in [-0.2, 0) is 6.42 Å². The van der Waals surface area contributed by atoms with Gasteiger partial charge >= 0.3 is 0 Å². The van der Waals surface area contributed by atoms with E-state index in [0.29, 0.717) is 6.04 Å². The van der Waals surface area contributed by atoms with Crippen LogP contribution in [0.1, 0.15) is 33.2 Å². The molecule has 0 saturated heterocycles. The molecule has 0 saturated carbocycles. The Bertz CT molecular complexity index is 528. The highest BCUT2D eigenvalue weighted by Gasteiger charge is 2.14. The van der Waals surface area contributed by atoms with Crippen molar-refractivity contribution in [3.63, 3.8) is 0 Å². The van der Waals surface area contributed by atoms with Crippen molar-refractivity contribution < 1.29 is 0 Å². The molecule has 0 radical (unpaired) electrons. The van der Waals surface area contributed by atoms with Crippen LogP contribution >= 0.6 is 11.3 Å². The van der Waals surface area contributed by atoms with E-state index in [1.54, 1.807) is 0 Å². The minimum Gasteiger partial charge on any atom is -0.313 e. The molecule has 0 fully saturated rings.